The summed E-state index contributed by atoms with van der Waals surface area (Å²) in [4.78, 5) is 10.8. The molecule has 122 valence electrons. The quantitative estimate of drug-likeness (QED) is 0.937. The van der Waals surface area contributed by atoms with Crippen molar-refractivity contribution < 1.29 is 9.84 Å². The highest BCUT2D eigenvalue weighted by Gasteiger charge is 2.39. The molecule has 1 N–H and O–H groups in total. The summed E-state index contributed by atoms with van der Waals surface area (Å²) in [6.07, 6.45) is 4.15. The van der Waals surface area contributed by atoms with Crippen molar-refractivity contribution in [1.82, 2.24) is 14.9 Å². The van der Waals surface area contributed by atoms with Crippen LogP contribution in [-0.2, 0) is 6.54 Å². The van der Waals surface area contributed by atoms with Gasteiger partial charge >= 0.3 is 0 Å². The Morgan fingerprint density at radius 2 is 1.96 bits per heavy atom. The van der Waals surface area contributed by atoms with Crippen LogP contribution in [0.25, 0.3) is 0 Å². The van der Waals surface area contributed by atoms with Crippen molar-refractivity contribution in [3.05, 3.63) is 54.1 Å². The summed E-state index contributed by atoms with van der Waals surface area (Å²) >= 11 is 0. The second kappa shape index (κ2) is 6.64. The molecule has 2 atom stereocenters. The second-order valence-electron chi connectivity index (χ2n) is 6.40. The molecular weight excluding hydrogens is 290 g/mol. The van der Waals surface area contributed by atoms with E-state index in [1.54, 1.807) is 0 Å². The molecule has 0 amide bonds. The van der Waals surface area contributed by atoms with E-state index in [9.17, 15) is 5.11 Å². The van der Waals surface area contributed by atoms with Crippen molar-refractivity contribution in [2.75, 3.05) is 13.1 Å². The van der Waals surface area contributed by atoms with Crippen molar-refractivity contribution >= 4 is 0 Å². The number of rotatable bonds is 4. The van der Waals surface area contributed by atoms with E-state index in [2.05, 4.69) is 14.9 Å². The average molecular weight is 313 g/mol. The zero-order valence-electron chi connectivity index (χ0n) is 13.6. The minimum atomic E-state index is -0.823. The minimum Gasteiger partial charge on any atom is -0.486 e. The van der Waals surface area contributed by atoms with Gasteiger partial charge in [0.05, 0.1) is 0 Å². The standard InChI is InChI=1S/C18H23N3O2/c1-14-19-10-15(11-20-14)12-21-9-8-18(2,22)17(13-21)23-16-6-4-3-5-7-16/h3-7,10-11,17,22H,8-9,12-13H2,1-2H3/t17-,18-/m1/s1. The lowest BCUT2D eigenvalue weighted by molar-refractivity contribution is -0.0964. The fraction of sp³-hybridized carbons (Fsp3) is 0.444. The first-order valence-electron chi connectivity index (χ1n) is 7.97. The van der Waals surface area contributed by atoms with Crippen LogP contribution in [0.2, 0.25) is 0 Å². The van der Waals surface area contributed by atoms with E-state index in [1.165, 1.54) is 0 Å². The third-order valence-corrected chi connectivity index (χ3v) is 4.31. The maximum absolute atomic E-state index is 10.6. The van der Waals surface area contributed by atoms with Crippen molar-refractivity contribution in [3.63, 3.8) is 0 Å². The number of hydrogen-bond acceptors (Lipinski definition) is 5. The highest BCUT2D eigenvalue weighted by Crippen LogP contribution is 2.27. The first kappa shape index (κ1) is 15.9. The number of piperidine rings is 1. The Balaban J connectivity index is 1.67. The van der Waals surface area contributed by atoms with Crippen molar-refractivity contribution in [2.24, 2.45) is 0 Å². The molecule has 3 rings (SSSR count). The summed E-state index contributed by atoms with van der Waals surface area (Å²) in [7, 11) is 0. The normalized spacial score (nSPS) is 25.3. The van der Waals surface area contributed by atoms with Crippen molar-refractivity contribution in [3.8, 4) is 5.75 Å². The molecule has 1 aromatic carbocycles. The average Bonchev–Trinajstić information content (AvgIpc) is 2.54. The smallest absolute Gasteiger partial charge is 0.140 e. The third kappa shape index (κ3) is 4.06. The lowest BCUT2D eigenvalue weighted by Gasteiger charge is -2.42. The van der Waals surface area contributed by atoms with E-state index >= 15 is 0 Å². The zero-order valence-corrected chi connectivity index (χ0v) is 13.6. The number of aliphatic hydroxyl groups is 1. The van der Waals surface area contributed by atoms with Gasteiger partial charge in [-0.15, -0.1) is 0 Å². The monoisotopic (exact) mass is 313 g/mol. The molecule has 0 radical (unpaired) electrons. The molecule has 1 fully saturated rings. The number of hydrogen-bond donors (Lipinski definition) is 1. The molecule has 5 heteroatoms. The van der Waals surface area contributed by atoms with E-state index in [1.807, 2.05) is 56.6 Å². The summed E-state index contributed by atoms with van der Waals surface area (Å²) in [5, 5.41) is 10.6. The largest absolute Gasteiger partial charge is 0.486 e. The Morgan fingerprint density at radius 1 is 1.26 bits per heavy atom. The van der Waals surface area contributed by atoms with E-state index in [0.29, 0.717) is 13.0 Å². The van der Waals surface area contributed by atoms with E-state index in [0.717, 1.165) is 30.2 Å². The molecular formula is C18H23N3O2. The fourth-order valence-electron chi connectivity index (χ4n) is 2.80. The van der Waals surface area contributed by atoms with Gasteiger partial charge in [-0.3, -0.25) is 4.90 Å². The summed E-state index contributed by atoms with van der Waals surface area (Å²) in [6, 6.07) is 9.67. The SMILES string of the molecule is Cc1ncc(CN2CC[C@@](C)(O)[C@H](Oc3ccccc3)C2)cn1. The summed E-state index contributed by atoms with van der Waals surface area (Å²) in [5.41, 5.74) is 0.256. The zero-order chi connectivity index (χ0) is 16.3. The lowest BCUT2D eigenvalue weighted by Crippen LogP contribution is -2.56. The van der Waals surface area contributed by atoms with Gasteiger partial charge in [-0.25, -0.2) is 9.97 Å². The van der Waals surface area contributed by atoms with E-state index < -0.39 is 5.60 Å². The Labute approximate surface area is 137 Å². The number of aryl methyl sites for hydroxylation is 1. The van der Waals surface area contributed by atoms with E-state index in [4.69, 9.17) is 4.74 Å². The van der Waals surface area contributed by atoms with E-state index in [-0.39, 0.29) is 6.10 Å². The lowest BCUT2D eigenvalue weighted by atomic mass is 9.90. The maximum atomic E-state index is 10.6. The molecule has 5 nitrogen and oxygen atoms in total. The van der Waals surface area contributed by atoms with Crippen LogP contribution in [0.15, 0.2) is 42.7 Å². The molecule has 0 bridgehead atoms. The summed E-state index contributed by atoms with van der Waals surface area (Å²) in [6.45, 7) is 6.01. The van der Waals surface area contributed by atoms with Gasteiger partial charge in [0.25, 0.3) is 0 Å². The third-order valence-electron chi connectivity index (χ3n) is 4.31. The highest BCUT2D eigenvalue weighted by atomic mass is 16.5. The molecule has 2 aromatic rings. The van der Waals surface area contributed by atoms with Crippen LogP contribution in [0.4, 0.5) is 0 Å². The summed E-state index contributed by atoms with van der Waals surface area (Å²) in [5.74, 6) is 1.57. The molecule has 0 unspecified atom stereocenters. The molecule has 23 heavy (non-hydrogen) atoms. The number of likely N-dealkylation sites (tertiary alicyclic amines) is 1. The maximum Gasteiger partial charge on any atom is 0.140 e. The van der Waals surface area contributed by atoms with Crippen LogP contribution < -0.4 is 4.74 Å². The molecule has 0 spiro atoms. The van der Waals surface area contributed by atoms with Gasteiger partial charge in [-0.2, -0.15) is 0 Å². The number of aromatic nitrogens is 2. The number of benzene rings is 1. The summed E-state index contributed by atoms with van der Waals surface area (Å²) < 4.78 is 6.03. The van der Waals surface area contributed by atoms with Gasteiger partial charge in [0.1, 0.15) is 23.3 Å². The molecule has 1 aliphatic rings. The molecule has 0 saturated carbocycles. The van der Waals surface area contributed by atoms with Gasteiger partial charge < -0.3 is 9.84 Å². The number of nitrogens with zero attached hydrogens (tertiary/aromatic N) is 3. The van der Waals surface area contributed by atoms with Crippen molar-refractivity contribution in [1.29, 1.82) is 0 Å². The topological polar surface area (TPSA) is 58.5 Å². The van der Waals surface area contributed by atoms with Crippen LogP contribution in [0.5, 0.6) is 5.75 Å². The van der Waals surface area contributed by atoms with Crippen LogP contribution in [-0.4, -0.2) is 44.8 Å². The van der Waals surface area contributed by atoms with Gasteiger partial charge in [0, 0.05) is 37.6 Å². The Morgan fingerprint density at radius 3 is 2.65 bits per heavy atom. The van der Waals surface area contributed by atoms with Crippen LogP contribution in [0.3, 0.4) is 0 Å². The first-order valence-corrected chi connectivity index (χ1v) is 7.97. The molecule has 2 heterocycles. The Bertz CT molecular complexity index is 628. The predicted octanol–water partition coefficient (Wildman–Crippen LogP) is 2.19. The molecule has 1 aromatic heterocycles. The van der Waals surface area contributed by atoms with Gasteiger partial charge in [0.2, 0.25) is 0 Å². The highest BCUT2D eigenvalue weighted by molar-refractivity contribution is 5.22. The fourth-order valence-corrected chi connectivity index (χ4v) is 2.80. The van der Waals surface area contributed by atoms with Crippen LogP contribution in [0.1, 0.15) is 24.7 Å². The van der Waals surface area contributed by atoms with Crippen molar-refractivity contribution in [2.45, 2.75) is 38.5 Å². The van der Waals surface area contributed by atoms with Gasteiger partial charge in [0.15, 0.2) is 0 Å². The Kier molecular flexibility index (Phi) is 4.59. The minimum absolute atomic E-state index is 0.259. The predicted molar refractivity (Wildman–Crippen MR) is 88.1 cm³/mol. The van der Waals surface area contributed by atoms with Gasteiger partial charge in [-0.05, 0) is 32.4 Å². The first-order chi connectivity index (χ1) is 11.0. The number of para-hydroxylation sites is 1. The molecule has 0 aliphatic carbocycles. The number of ether oxygens (including phenoxy) is 1. The molecule has 1 aliphatic heterocycles. The van der Waals surface area contributed by atoms with Gasteiger partial charge in [-0.1, -0.05) is 18.2 Å². The van der Waals surface area contributed by atoms with Crippen LogP contribution >= 0.6 is 0 Å². The Hall–Kier alpha value is -1.98. The second-order valence-corrected chi connectivity index (χ2v) is 6.40. The van der Waals surface area contributed by atoms with Crippen LogP contribution in [0, 0.1) is 6.92 Å². The molecule has 1 saturated heterocycles.